The molecule has 4 aromatic rings. The molecule has 7 heteroatoms. The molecule has 2 aromatic heterocycles. The van der Waals surface area contributed by atoms with Gasteiger partial charge < -0.3 is 14.8 Å². The van der Waals surface area contributed by atoms with E-state index in [1.54, 1.807) is 7.11 Å². The van der Waals surface area contributed by atoms with E-state index < -0.39 is 0 Å². The number of fused-ring (bicyclic) bond motifs is 3. The number of aromatic nitrogens is 4. The number of hydrogen-bond donors (Lipinski definition) is 1. The molecule has 2 aromatic carbocycles. The fourth-order valence-electron chi connectivity index (χ4n) is 3.64. The number of nitrogens with one attached hydrogen (secondary N) is 1. The number of benzene rings is 2. The summed E-state index contributed by atoms with van der Waals surface area (Å²) < 4.78 is 13.0. The van der Waals surface area contributed by atoms with E-state index in [0.29, 0.717) is 6.54 Å². The van der Waals surface area contributed by atoms with Crippen molar-refractivity contribution >= 4 is 22.5 Å². The smallest absolute Gasteiger partial charge is 0.211 e. The summed E-state index contributed by atoms with van der Waals surface area (Å²) in [5.41, 5.74) is 2.62. The Balaban J connectivity index is 1.64. The standard InChI is InChI=1S/C21H21N5O2/c1-27-15-10-8-14(9-11-15)19-24-25-20-17-6-2-3-7-18(17)23-21(26(19)20)22-13-16-5-4-12-28-16/h2-3,6-11,16H,4-5,12-13H2,1H3,(H,22,23). The first-order valence-corrected chi connectivity index (χ1v) is 9.47. The summed E-state index contributed by atoms with van der Waals surface area (Å²) in [5.74, 6) is 2.27. The normalized spacial score (nSPS) is 16.7. The third kappa shape index (κ3) is 2.93. The van der Waals surface area contributed by atoms with Crippen molar-refractivity contribution < 1.29 is 9.47 Å². The van der Waals surface area contributed by atoms with E-state index in [1.165, 1.54) is 0 Å². The van der Waals surface area contributed by atoms with E-state index in [9.17, 15) is 0 Å². The van der Waals surface area contributed by atoms with Crippen molar-refractivity contribution in [2.45, 2.75) is 18.9 Å². The lowest BCUT2D eigenvalue weighted by Gasteiger charge is -2.14. The van der Waals surface area contributed by atoms with E-state index in [2.05, 4.69) is 15.5 Å². The lowest BCUT2D eigenvalue weighted by atomic mass is 10.2. The number of hydrogen-bond acceptors (Lipinski definition) is 6. The molecule has 0 bridgehead atoms. The molecular weight excluding hydrogens is 354 g/mol. The molecule has 5 rings (SSSR count). The third-order valence-corrected chi connectivity index (χ3v) is 5.11. The van der Waals surface area contributed by atoms with Gasteiger partial charge in [-0.1, -0.05) is 12.1 Å². The Bertz CT molecular complexity index is 1120. The summed E-state index contributed by atoms with van der Waals surface area (Å²) in [6.45, 7) is 1.54. The highest BCUT2D eigenvalue weighted by molar-refractivity contribution is 5.93. The zero-order valence-electron chi connectivity index (χ0n) is 15.6. The molecule has 7 nitrogen and oxygen atoms in total. The van der Waals surface area contributed by atoms with Crippen LogP contribution in [0.25, 0.3) is 27.9 Å². The monoisotopic (exact) mass is 375 g/mol. The zero-order chi connectivity index (χ0) is 18.9. The summed E-state index contributed by atoms with van der Waals surface area (Å²) >= 11 is 0. The van der Waals surface area contributed by atoms with Crippen LogP contribution in [0.15, 0.2) is 48.5 Å². The van der Waals surface area contributed by atoms with Crippen LogP contribution in [0.3, 0.4) is 0 Å². The number of nitrogens with zero attached hydrogens (tertiary/aromatic N) is 4. The second-order valence-corrected chi connectivity index (χ2v) is 6.88. The Morgan fingerprint density at radius 3 is 2.79 bits per heavy atom. The first-order valence-electron chi connectivity index (χ1n) is 9.47. The van der Waals surface area contributed by atoms with Gasteiger partial charge in [0.1, 0.15) is 5.75 Å². The fraction of sp³-hybridized carbons (Fsp3) is 0.286. The van der Waals surface area contributed by atoms with Crippen molar-refractivity contribution in [1.29, 1.82) is 0 Å². The molecule has 0 radical (unpaired) electrons. The lowest BCUT2D eigenvalue weighted by Crippen LogP contribution is -2.20. The SMILES string of the molecule is COc1ccc(-c2nnc3c4ccccc4nc(NCC4CCCO4)n23)cc1. The first kappa shape index (κ1) is 16.9. The Labute approximate surface area is 162 Å². The van der Waals surface area contributed by atoms with Crippen LogP contribution in [-0.4, -0.2) is 45.9 Å². The average molecular weight is 375 g/mol. The highest BCUT2D eigenvalue weighted by Gasteiger charge is 2.19. The highest BCUT2D eigenvalue weighted by atomic mass is 16.5. The van der Waals surface area contributed by atoms with Gasteiger partial charge in [-0.2, -0.15) is 0 Å². The van der Waals surface area contributed by atoms with Gasteiger partial charge >= 0.3 is 0 Å². The highest BCUT2D eigenvalue weighted by Crippen LogP contribution is 2.28. The van der Waals surface area contributed by atoms with Gasteiger partial charge in [-0.05, 0) is 49.2 Å². The van der Waals surface area contributed by atoms with Gasteiger partial charge in [0.25, 0.3) is 0 Å². The summed E-state index contributed by atoms with van der Waals surface area (Å²) in [6.07, 6.45) is 2.39. The molecule has 0 amide bonds. The van der Waals surface area contributed by atoms with Crippen molar-refractivity contribution in [3.63, 3.8) is 0 Å². The van der Waals surface area contributed by atoms with Gasteiger partial charge in [0.15, 0.2) is 11.5 Å². The molecule has 1 saturated heterocycles. The van der Waals surface area contributed by atoms with Crippen LogP contribution < -0.4 is 10.1 Å². The minimum atomic E-state index is 0.212. The average Bonchev–Trinajstić information content (AvgIpc) is 3.42. The minimum Gasteiger partial charge on any atom is -0.497 e. The van der Waals surface area contributed by atoms with Crippen molar-refractivity contribution in [3.8, 4) is 17.1 Å². The molecule has 1 aliphatic heterocycles. The van der Waals surface area contributed by atoms with Crippen LogP contribution >= 0.6 is 0 Å². The van der Waals surface area contributed by atoms with Crippen molar-refractivity contribution in [2.24, 2.45) is 0 Å². The van der Waals surface area contributed by atoms with Gasteiger partial charge in [0.05, 0.1) is 18.7 Å². The van der Waals surface area contributed by atoms with Gasteiger partial charge in [-0.15, -0.1) is 10.2 Å². The number of para-hydroxylation sites is 1. The largest absolute Gasteiger partial charge is 0.497 e. The second-order valence-electron chi connectivity index (χ2n) is 6.88. The quantitative estimate of drug-likeness (QED) is 0.575. The van der Waals surface area contributed by atoms with Crippen LogP contribution in [0.4, 0.5) is 5.95 Å². The number of ether oxygens (including phenoxy) is 2. The maximum atomic E-state index is 5.75. The molecule has 3 heterocycles. The van der Waals surface area contributed by atoms with E-state index in [4.69, 9.17) is 14.5 Å². The Morgan fingerprint density at radius 2 is 2.00 bits per heavy atom. The lowest BCUT2D eigenvalue weighted by molar-refractivity contribution is 0.120. The van der Waals surface area contributed by atoms with Crippen molar-refractivity contribution in [2.75, 3.05) is 25.6 Å². The van der Waals surface area contributed by atoms with Gasteiger partial charge in [-0.3, -0.25) is 0 Å². The van der Waals surface area contributed by atoms with Crippen LogP contribution in [0, 0.1) is 0 Å². The molecule has 1 aliphatic rings. The summed E-state index contributed by atoms with van der Waals surface area (Å²) in [5, 5.41) is 13.4. The minimum absolute atomic E-state index is 0.212. The van der Waals surface area contributed by atoms with Crippen molar-refractivity contribution in [3.05, 3.63) is 48.5 Å². The maximum absolute atomic E-state index is 5.75. The van der Waals surface area contributed by atoms with Crippen LogP contribution in [0.1, 0.15) is 12.8 Å². The predicted molar refractivity (Wildman–Crippen MR) is 108 cm³/mol. The Hall–Kier alpha value is -3.19. The van der Waals surface area contributed by atoms with E-state index in [-0.39, 0.29) is 6.10 Å². The summed E-state index contributed by atoms with van der Waals surface area (Å²) in [6, 6.07) is 15.8. The molecule has 1 N–H and O–H groups in total. The van der Waals surface area contributed by atoms with Crippen molar-refractivity contribution in [1.82, 2.24) is 19.6 Å². The number of methoxy groups -OCH3 is 1. The molecule has 1 unspecified atom stereocenters. The van der Waals surface area contributed by atoms with Crippen LogP contribution in [-0.2, 0) is 4.74 Å². The number of rotatable bonds is 5. The molecule has 142 valence electrons. The summed E-state index contributed by atoms with van der Waals surface area (Å²) in [7, 11) is 1.66. The van der Waals surface area contributed by atoms with Gasteiger partial charge in [-0.25, -0.2) is 9.38 Å². The van der Waals surface area contributed by atoms with E-state index in [1.807, 2.05) is 52.9 Å². The molecular formula is C21H21N5O2. The molecule has 1 fully saturated rings. The summed E-state index contributed by atoms with van der Waals surface area (Å²) in [4.78, 5) is 4.85. The van der Waals surface area contributed by atoms with E-state index >= 15 is 0 Å². The second kappa shape index (κ2) is 7.09. The van der Waals surface area contributed by atoms with Crippen LogP contribution in [0.5, 0.6) is 5.75 Å². The Morgan fingerprint density at radius 1 is 1.14 bits per heavy atom. The zero-order valence-corrected chi connectivity index (χ0v) is 15.6. The van der Waals surface area contributed by atoms with Gasteiger partial charge in [0, 0.05) is 24.1 Å². The molecule has 28 heavy (non-hydrogen) atoms. The fourth-order valence-corrected chi connectivity index (χ4v) is 3.64. The van der Waals surface area contributed by atoms with Crippen LogP contribution in [0.2, 0.25) is 0 Å². The number of anilines is 1. The first-order chi connectivity index (χ1) is 13.8. The molecule has 1 atom stereocenters. The molecule has 0 saturated carbocycles. The maximum Gasteiger partial charge on any atom is 0.211 e. The predicted octanol–water partition coefficient (Wildman–Crippen LogP) is 3.54. The third-order valence-electron chi connectivity index (χ3n) is 5.11. The molecule has 0 aliphatic carbocycles. The Kier molecular flexibility index (Phi) is 4.29. The molecule has 0 spiro atoms. The van der Waals surface area contributed by atoms with Gasteiger partial charge in [0.2, 0.25) is 5.95 Å². The topological polar surface area (TPSA) is 73.6 Å². The van der Waals surface area contributed by atoms with E-state index in [0.717, 1.165) is 59.1 Å².